The molecule has 0 fully saturated rings. The van der Waals surface area contributed by atoms with Crippen molar-refractivity contribution in [3.05, 3.63) is 58.4 Å². The molecule has 3 heterocycles. The average Bonchev–Trinajstić information content (AvgIpc) is 2.74. The summed E-state index contributed by atoms with van der Waals surface area (Å²) in [7, 11) is 0. The molecule has 3 aromatic rings. The second-order valence-electron chi connectivity index (χ2n) is 6.62. The Bertz CT molecular complexity index is 1190. The van der Waals surface area contributed by atoms with Crippen LogP contribution in [0, 0.1) is 11.6 Å². The van der Waals surface area contributed by atoms with E-state index in [9.17, 15) is 13.6 Å². The van der Waals surface area contributed by atoms with E-state index < -0.39 is 17.5 Å². The van der Waals surface area contributed by atoms with Crippen LogP contribution in [0.4, 0.5) is 20.3 Å². The maximum absolute atomic E-state index is 14.8. The van der Waals surface area contributed by atoms with Crippen LogP contribution >= 0.6 is 11.6 Å². The Morgan fingerprint density at radius 1 is 1.23 bits per heavy atom. The Hall–Kier alpha value is -3.46. The molecule has 0 radical (unpaired) electrons. The summed E-state index contributed by atoms with van der Waals surface area (Å²) in [5.74, 6) is -2.34. The fraction of sp³-hybridized carbons (Fsp3) is 0.190. The first-order valence-electron chi connectivity index (χ1n) is 9.40. The lowest BCUT2D eigenvalue weighted by molar-refractivity contribution is 0.100. The van der Waals surface area contributed by atoms with Crippen LogP contribution in [0.25, 0.3) is 11.3 Å². The molecule has 7 nitrogen and oxygen atoms in total. The monoisotopic (exact) mass is 446 g/mol. The Morgan fingerprint density at radius 3 is 2.71 bits per heavy atom. The number of primary amides is 1. The molecule has 160 valence electrons. The summed E-state index contributed by atoms with van der Waals surface area (Å²) in [6.45, 7) is 1.86. The zero-order chi connectivity index (χ0) is 22.1. The number of benzene rings is 1. The molecule has 31 heavy (non-hydrogen) atoms. The molecule has 1 aliphatic heterocycles. The standard InChI is InChI=1S/C21H17ClF2N4O3/c1-2-14-18-15(5-6-26-14)30-7-8-31-19-13(24)4-3-12(23)16(19)17-11(22)9-10(20(25)29)21(27-17)28-18/h3-6,9H,2,7-8H2,1H3,(H2,25,29)(H,27,28). The Morgan fingerprint density at radius 2 is 1.97 bits per heavy atom. The molecule has 10 heteroatoms. The van der Waals surface area contributed by atoms with Crippen molar-refractivity contribution in [2.45, 2.75) is 13.3 Å². The number of nitrogens with zero attached hydrogens (tertiary/aromatic N) is 2. The quantitative estimate of drug-likeness (QED) is 0.610. The van der Waals surface area contributed by atoms with Crippen molar-refractivity contribution >= 4 is 29.0 Å². The maximum atomic E-state index is 14.8. The molecule has 2 aromatic heterocycles. The summed E-state index contributed by atoms with van der Waals surface area (Å²) in [6.07, 6.45) is 2.12. The first-order chi connectivity index (χ1) is 14.9. The molecule has 0 saturated carbocycles. The zero-order valence-corrected chi connectivity index (χ0v) is 17.1. The lowest BCUT2D eigenvalue weighted by atomic mass is 10.1. The van der Waals surface area contributed by atoms with Crippen molar-refractivity contribution in [2.24, 2.45) is 5.73 Å². The van der Waals surface area contributed by atoms with Gasteiger partial charge in [0.2, 0.25) is 0 Å². The highest BCUT2D eigenvalue weighted by Gasteiger charge is 2.25. The molecule has 1 aromatic carbocycles. The van der Waals surface area contributed by atoms with Crippen LogP contribution in [-0.2, 0) is 6.42 Å². The van der Waals surface area contributed by atoms with Gasteiger partial charge in [0.25, 0.3) is 5.91 Å². The molecule has 0 unspecified atom stereocenters. The molecular weight excluding hydrogens is 430 g/mol. The Balaban J connectivity index is 2.02. The van der Waals surface area contributed by atoms with E-state index in [1.165, 1.54) is 6.07 Å². The van der Waals surface area contributed by atoms with E-state index in [-0.39, 0.29) is 46.6 Å². The van der Waals surface area contributed by atoms with Gasteiger partial charge in [0.05, 0.1) is 27.5 Å². The normalized spacial score (nSPS) is 12.8. The SMILES string of the molecule is CCc1nccc2c1Nc1nc(c(Cl)cc1C(N)=O)-c1c(F)ccc(F)c1OCCO2. The van der Waals surface area contributed by atoms with Crippen LogP contribution in [0.15, 0.2) is 30.5 Å². The maximum Gasteiger partial charge on any atom is 0.252 e. The highest BCUT2D eigenvalue weighted by molar-refractivity contribution is 6.33. The highest BCUT2D eigenvalue weighted by Crippen LogP contribution is 2.40. The smallest absolute Gasteiger partial charge is 0.252 e. The summed E-state index contributed by atoms with van der Waals surface area (Å²) >= 11 is 6.30. The lowest BCUT2D eigenvalue weighted by Gasteiger charge is -2.20. The van der Waals surface area contributed by atoms with E-state index in [0.29, 0.717) is 23.6 Å². The predicted octanol–water partition coefficient (Wildman–Crippen LogP) is 4.25. The first kappa shape index (κ1) is 20.8. The minimum absolute atomic E-state index is 0.00497. The van der Waals surface area contributed by atoms with Crippen molar-refractivity contribution in [3.8, 4) is 22.8 Å². The number of aryl methyl sites for hydroxylation is 1. The van der Waals surface area contributed by atoms with Gasteiger partial charge in [-0.15, -0.1) is 0 Å². The third-order valence-electron chi connectivity index (χ3n) is 4.69. The number of hydrogen-bond acceptors (Lipinski definition) is 6. The van der Waals surface area contributed by atoms with Gasteiger partial charge in [-0.25, -0.2) is 13.8 Å². The number of carbonyl (C=O) groups is 1. The van der Waals surface area contributed by atoms with Crippen molar-refractivity contribution in [1.82, 2.24) is 9.97 Å². The van der Waals surface area contributed by atoms with E-state index in [0.717, 1.165) is 12.1 Å². The number of amides is 1. The molecule has 4 rings (SSSR count). The van der Waals surface area contributed by atoms with Gasteiger partial charge in [0, 0.05) is 12.3 Å². The number of pyridine rings is 2. The van der Waals surface area contributed by atoms with Crippen LogP contribution in [0.5, 0.6) is 11.5 Å². The Kier molecular flexibility index (Phi) is 5.60. The van der Waals surface area contributed by atoms with Gasteiger partial charge >= 0.3 is 0 Å². The molecule has 3 N–H and O–H groups in total. The Labute approximate surface area is 181 Å². The molecule has 1 aliphatic rings. The molecule has 0 saturated heterocycles. The third-order valence-corrected chi connectivity index (χ3v) is 4.98. The number of aromatic nitrogens is 2. The van der Waals surface area contributed by atoms with Gasteiger partial charge in [-0.3, -0.25) is 9.78 Å². The van der Waals surface area contributed by atoms with Gasteiger partial charge < -0.3 is 20.5 Å². The summed E-state index contributed by atoms with van der Waals surface area (Å²) in [5, 5.41) is 2.93. The molecule has 0 aliphatic carbocycles. The van der Waals surface area contributed by atoms with Crippen molar-refractivity contribution in [3.63, 3.8) is 0 Å². The summed E-state index contributed by atoms with van der Waals surface area (Å²) in [4.78, 5) is 20.7. The predicted molar refractivity (Wildman–Crippen MR) is 111 cm³/mol. The van der Waals surface area contributed by atoms with Gasteiger partial charge in [-0.05, 0) is 24.6 Å². The van der Waals surface area contributed by atoms with Crippen LogP contribution in [-0.4, -0.2) is 29.1 Å². The van der Waals surface area contributed by atoms with Crippen LogP contribution in [0.2, 0.25) is 5.02 Å². The highest BCUT2D eigenvalue weighted by atomic mass is 35.5. The van der Waals surface area contributed by atoms with Crippen molar-refractivity contribution in [2.75, 3.05) is 18.5 Å². The number of nitrogens with one attached hydrogen (secondary N) is 1. The topological polar surface area (TPSA) is 99.4 Å². The van der Waals surface area contributed by atoms with Crippen LogP contribution in [0.1, 0.15) is 23.0 Å². The van der Waals surface area contributed by atoms with Crippen LogP contribution < -0.4 is 20.5 Å². The van der Waals surface area contributed by atoms with Gasteiger partial charge in [0.1, 0.15) is 36.3 Å². The molecular formula is C21H17ClF2N4O3. The number of anilines is 2. The van der Waals surface area contributed by atoms with Crippen molar-refractivity contribution < 1.29 is 23.0 Å². The number of rotatable bonds is 2. The van der Waals surface area contributed by atoms with Gasteiger partial charge in [0.15, 0.2) is 11.6 Å². The van der Waals surface area contributed by atoms with Gasteiger partial charge in [-0.2, -0.15) is 0 Å². The average molecular weight is 447 g/mol. The van der Waals surface area contributed by atoms with E-state index >= 15 is 0 Å². The largest absolute Gasteiger partial charge is 0.488 e. The van der Waals surface area contributed by atoms with E-state index in [4.69, 9.17) is 26.8 Å². The minimum atomic E-state index is -0.809. The minimum Gasteiger partial charge on any atom is -0.488 e. The molecule has 1 amide bonds. The second kappa shape index (κ2) is 8.35. The first-order valence-corrected chi connectivity index (χ1v) is 9.77. The number of carbonyl (C=O) groups excluding carboxylic acids is 1. The second-order valence-corrected chi connectivity index (χ2v) is 7.03. The van der Waals surface area contributed by atoms with E-state index in [1.54, 1.807) is 12.3 Å². The van der Waals surface area contributed by atoms with Gasteiger partial charge in [-0.1, -0.05) is 18.5 Å². The zero-order valence-electron chi connectivity index (χ0n) is 16.3. The summed E-state index contributed by atoms with van der Waals surface area (Å²) in [5.41, 5.74) is 6.20. The third kappa shape index (κ3) is 3.84. The lowest BCUT2D eigenvalue weighted by Crippen LogP contribution is -2.17. The number of hydrogen-bond donors (Lipinski definition) is 2. The van der Waals surface area contributed by atoms with Crippen molar-refractivity contribution in [1.29, 1.82) is 0 Å². The van der Waals surface area contributed by atoms with E-state index in [2.05, 4.69) is 15.3 Å². The molecule has 0 spiro atoms. The van der Waals surface area contributed by atoms with E-state index in [1.807, 2.05) is 6.92 Å². The number of fused-ring (bicyclic) bond motifs is 5. The fourth-order valence-corrected chi connectivity index (χ4v) is 3.51. The van der Waals surface area contributed by atoms with Crippen LogP contribution in [0.3, 0.4) is 0 Å². The molecule has 0 atom stereocenters. The fourth-order valence-electron chi connectivity index (χ4n) is 3.26. The summed E-state index contributed by atoms with van der Waals surface area (Å²) < 4.78 is 40.6. The summed E-state index contributed by atoms with van der Waals surface area (Å²) in [6, 6.07) is 4.76. The number of ether oxygens (including phenoxy) is 2. The molecule has 2 bridgehead atoms. The number of halogens is 3. The number of nitrogens with two attached hydrogens (primary N) is 1.